The van der Waals surface area contributed by atoms with E-state index in [1.54, 1.807) is 24.7 Å². The topological polar surface area (TPSA) is 75.4 Å². The Morgan fingerprint density at radius 3 is 2.47 bits per heavy atom. The molecule has 192 valence electrons. The Labute approximate surface area is 208 Å². The first-order valence-electron chi connectivity index (χ1n) is 10.7. The molecule has 1 unspecified atom stereocenters. The molecular formula is C23H22ClF5N6O. The molecule has 36 heavy (non-hydrogen) atoms. The summed E-state index contributed by atoms with van der Waals surface area (Å²) < 4.78 is 69.0. The maximum absolute atomic E-state index is 15.1. The van der Waals surface area contributed by atoms with E-state index >= 15 is 4.39 Å². The molecule has 0 spiro atoms. The highest BCUT2D eigenvalue weighted by Gasteiger charge is 2.39. The van der Waals surface area contributed by atoms with Crippen LogP contribution in [0.15, 0.2) is 41.8 Å². The van der Waals surface area contributed by atoms with Gasteiger partial charge >= 0.3 is 12.1 Å². The zero-order valence-electron chi connectivity index (χ0n) is 19.7. The molecular weight excluding hydrogens is 507 g/mol. The van der Waals surface area contributed by atoms with Gasteiger partial charge in [-0.3, -0.25) is 25.2 Å². The number of benzene rings is 1. The van der Waals surface area contributed by atoms with Gasteiger partial charge in [0, 0.05) is 35.1 Å². The number of carbonyl (C=O) groups excluding carboxylic acids is 1. The summed E-state index contributed by atoms with van der Waals surface area (Å²) in [5.74, 6) is -3.58. The van der Waals surface area contributed by atoms with E-state index in [-0.39, 0.29) is 39.9 Å². The average molecular weight is 529 g/mol. The lowest BCUT2D eigenvalue weighted by Crippen LogP contribution is -2.50. The number of aromatic nitrogens is 3. The summed E-state index contributed by atoms with van der Waals surface area (Å²) in [6.07, 6.45) is -0.618. The number of hydrazine groups is 1. The van der Waals surface area contributed by atoms with Crippen LogP contribution >= 0.6 is 11.6 Å². The predicted molar refractivity (Wildman–Crippen MR) is 125 cm³/mol. The van der Waals surface area contributed by atoms with E-state index in [1.165, 1.54) is 37.7 Å². The quantitative estimate of drug-likeness (QED) is 0.203. The van der Waals surface area contributed by atoms with Crippen LogP contribution < -0.4 is 5.43 Å². The normalized spacial score (nSPS) is 13.0. The number of amides is 1. The van der Waals surface area contributed by atoms with E-state index in [0.717, 1.165) is 22.7 Å². The number of aliphatic imine (C=N–C) groups is 1. The van der Waals surface area contributed by atoms with Crippen molar-refractivity contribution < 1.29 is 26.7 Å². The van der Waals surface area contributed by atoms with Gasteiger partial charge in [-0.05, 0) is 51.5 Å². The first-order chi connectivity index (χ1) is 16.8. The molecule has 0 fully saturated rings. The number of nitrogens with one attached hydrogen (secondary N) is 1. The highest BCUT2D eigenvalue weighted by Crippen LogP contribution is 2.33. The van der Waals surface area contributed by atoms with Crippen LogP contribution in [-0.4, -0.2) is 44.2 Å². The fraction of sp³-hybridized carbons (Fsp3) is 0.304. The van der Waals surface area contributed by atoms with Crippen molar-refractivity contribution >= 4 is 23.3 Å². The monoisotopic (exact) mass is 528 g/mol. The Morgan fingerprint density at radius 1 is 1.22 bits per heavy atom. The zero-order chi connectivity index (χ0) is 26.8. The third kappa shape index (κ3) is 5.99. The summed E-state index contributed by atoms with van der Waals surface area (Å²) in [5, 5.41) is 5.11. The van der Waals surface area contributed by atoms with Crippen molar-refractivity contribution in [3.05, 3.63) is 64.7 Å². The summed E-state index contributed by atoms with van der Waals surface area (Å²) in [6, 6.07) is 2.80. The van der Waals surface area contributed by atoms with Crippen molar-refractivity contribution in [2.45, 2.75) is 39.9 Å². The van der Waals surface area contributed by atoms with Crippen LogP contribution in [0.1, 0.15) is 38.1 Å². The van der Waals surface area contributed by atoms with Crippen molar-refractivity contribution in [2.75, 3.05) is 6.54 Å². The average Bonchev–Trinajstić information content (AvgIpc) is 3.21. The molecule has 3 aromatic rings. The van der Waals surface area contributed by atoms with Crippen LogP contribution in [0.2, 0.25) is 5.02 Å². The maximum atomic E-state index is 15.1. The number of rotatable bonds is 5. The lowest BCUT2D eigenvalue weighted by molar-refractivity contribution is -0.177. The molecule has 0 radical (unpaired) electrons. The van der Waals surface area contributed by atoms with Gasteiger partial charge in [0.25, 0.3) is 0 Å². The lowest BCUT2D eigenvalue weighted by atomic mass is 10.0. The summed E-state index contributed by atoms with van der Waals surface area (Å²) >= 11 is 6.04. The predicted octanol–water partition coefficient (Wildman–Crippen LogP) is 5.57. The van der Waals surface area contributed by atoms with E-state index in [9.17, 15) is 22.4 Å². The Hall–Kier alpha value is -3.54. The molecule has 1 amide bonds. The fourth-order valence-corrected chi connectivity index (χ4v) is 3.65. The molecule has 2 aromatic heterocycles. The Kier molecular flexibility index (Phi) is 7.97. The minimum absolute atomic E-state index is 0.0149. The van der Waals surface area contributed by atoms with Crippen molar-refractivity contribution in [1.82, 2.24) is 25.2 Å². The number of pyridine rings is 1. The van der Waals surface area contributed by atoms with Crippen molar-refractivity contribution in [1.29, 1.82) is 0 Å². The minimum atomic E-state index is -5.07. The number of hydrogen-bond donors (Lipinski definition) is 1. The molecule has 3 rings (SSSR count). The first-order valence-corrected chi connectivity index (χ1v) is 11.1. The van der Waals surface area contributed by atoms with Gasteiger partial charge in [-0.25, -0.2) is 13.5 Å². The van der Waals surface area contributed by atoms with Crippen LogP contribution in [0.5, 0.6) is 0 Å². The Morgan fingerprint density at radius 2 is 1.92 bits per heavy atom. The molecule has 0 bridgehead atoms. The highest BCUT2D eigenvalue weighted by atomic mass is 35.5. The largest absolute Gasteiger partial charge is 0.472 e. The summed E-state index contributed by atoms with van der Waals surface area (Å²) in [6.45, 7) is 6.14. The van der Waals surface area contributed by atoms with E-state index in [1.807, 2.05) is 0 Å². The van der Waals surface area contributed by atoms with Gasteiger partial charge < -0.3 is 0 Å². The van der Waals surface area contributed by atoms with Gasteiger partial charge in [-0.1, -0.05) is 11.6 Å². The molecule has 0 aliphatic carbocycles. The number of carbonyl (C=O) groups is 1. The molecule has 1 N–H and O–H groups in total. The van der Waals surface area contributed by atoms with Crippen molar-refractivity contribution in [3.8, 4) is 16.8 Å². The Balaban J connectivity index is 1.94. The standard InChI is InChI=1S/C23H22ClF5N6O/c1-5-34(33-22(36)23(27,28)29)14(4)32-13(3)20-18(25)6-15(10-30-20)17-7-16(24)8-19(26)21(17)35-11-12(2)9-31-35/h6-11,13H,5H2,1-4H3,(H,33,36). The van der Waals surface area contributed by atoms with E-state index < -0.39 is 29.8 Å². The SMILES string of the molecule is CCN(NC(=O)C(F)(F)F)C(C)=NC(C)c1ncc(-c2cc(Cl)cc(F)c2-n2cc(C)cn2)cc1F. The van der Waals surface area contributed by atoms with Crippen LogP contribution in [0.4, 0.5) is 22.0 Å². The maximum Gasteiger partial charge on any atom is 0.472 e. The number of alkyl halides is 3. The molecule has 0 saturated heterocycles. The van der Waals surface area contributed by atoms with Crippen molar-refractivity contribution in [2.24, 2.45) is 4.99 Å². The number of halogens is 6. The number of aryl methyl sites for hydroxylation is 1. The first kappa shape index (κ1) is 27.1. The number of nitrogens with zero attached hydrogens (tertiary/aromatic N) is 5. The zero-order valence-corrected chi connectivity index (χ0v) is 20.4. The Bertz CT molecular complexity index is 1310. The summed E-state index contributed by atoms with van der Waals surface area (Å²) in [5.41, 5.74) is 2.92. The molecule has 0 aliphatic heterocycles. The van der Waals surface area contributed by atoms with Crippen molar-refractivity contribution in [3.63, 3.8) is 0 Å². The number of amidine groups is 1. The highest BCUT2D eigenvalue weighted by molar-refractivity contribution is 6.31. The molecule has 0 aliphatic rings. The van der Waals surface area contributed by atoms with Gasteiger partial charge in [0.2, 0.25) is 0 Å². The minimum Gasteiger partial charge on any atom is -0.272 e. The summed E-state index contributed by atoms with van der Waals surface area (Å²) in [4.78, 5) is 19.6. The molecule has 2 heterocycles. The fourth-order valence-electron chi connectivity index (χ4n) is 3.44. The van der Waals surface area contributed by atoms with Crippen LogP contribution in [-0.2, 0) is 4.79 Å². The second kappa shape index (κ2) is 10.6. The molecule has 0 saturated carbocycles. The van der Waals surface area contributed by atoms with Gasteiger partial charge in [0.1, 0.15) is 23.0 Å². The number of hydrogen-bond acceptors (Lipinski definition) is 4. The molecule has 13 heteroatoms. The second-order valence-corrected chi connectivity index (χ2v) is 8.31. The van der Waals surface area contributed by atoms with Gasteiger partial charge in [0.05, 0.1) is 12.2 Å². The van der Waals surface area contributed by atoms with E-state index in [0.29, 0.717) is 0 Å². The summed E-state index contributed by atoms with van der Waals surface area (Å²) in [7, 11) is 0. The van der Waals surface area contributed by atoms with Gasteiger partial charge in [-0.15, -0.1) is 0 Å². The lowest BCUT2D eigenvalue weighted by Gasteiger charge is -2.24. The van der Waals surface area contributed by atoms with Gasteiger partial charge in [-0.2, -0.15) is 18.3 Å². The molecule has 1 aromatic carbocycles. The smallest absolute Gasteiger partial charge is 0.272 e. The third-order valence-corrected chi connectivity index (χ3v) is 5.34. The second-order valence-electron chi connectivity index (χ2n) is 7.87. The van der Waals surface area contributed by atoms with Crippen LogP contribution in [0.25, 0.3) is 16.8 Å². The molecule has 1 atom stereocenters. The van der Waals surface area contributed by atoms with Crippen LogP contribution in [0.3, 0.4) is 0 Å². The third-order valence-electron chi connectivity index (χ3n) is 5.13. The van der Waals surface area contributed by atoms with Gasteiger partial charge in [0.15, 0.2) is 5.82 Å². The van der Waals surface area contributed by atoms with E-state index in [2.05, 4.69) is 15.1 Å². The van der Waals surface area contributed by atoms with E-state index in [4.69, 9.17) is 11.6 Å². The molecule has 7 nitrogen and oxygen atoms in total. The van der Waals surface area contributed by atoms with Crippen LogP contribution in [0, 0.1) is 18.6 Å².